The van der Waals surface area contributed by atoms with Crippen LogP contribution in [0.3, 0.4) is 0 Å². The van der Waals surface area contributed by atoms with Gasteiger partial charge in [0.05, 0.1) is 29.7 Å². The zero-order chi connectivity index (χ0) is 30.2. The molecule has 1 N–H and O–H groups in total. The Morgan fingerprint density at radius 2 is 1.49 bits per heavy atom. The van der Waals surface area contributed by atoms with Crippen LogP contribution in [0, 0.1) is 0 Å². The molecule has 3 rings (SSSR count). The summed E-state index contributed by atoms with van der Waals surface area (Å²) < 4.78 is 8.50. The maximum Gasteiger partial charge on any atom is 0.271 e. The molecule has 0 aliphatic heterocycles. The molecule has 4 nitrogen and oxygen atoms in total. The molecule has 2 aromatic carbocycles. The SMILES string of the molecule is CCCCCCCCCCCCCCOc1ccc(CC(=O)Nc2ccccc2-c2scc[n+]2CC)cc1C(C)(C)C.[Cl-]. The number of aromatic nitrogens is 1. The molecule has 0 unspecified atom stereocenters. The molecule has 43 heavy (non-hydrogen) atoms. The third-order valence-electron chi connectivity index (χ3n) is 7.93. The van der Waals surface area contributed by atoms with Gasteiger partial charge in [0.15, 0.2) is 6.20 Å². The van der Waals surface area contributed by atoms with Gasteiger partial charge in [-0.25, -0.2) is 0 Å². The number of nitrogens with zero attached hydrogens (tertiary/aromatic N) is 1. The first-order valence-electron chi connectivity index (χ1n) is 16.5. The summed E-state index contributed by atoms with van der Waals surface area (Å²) in [6, 6.07) is 14.3. The number of carbonyl (C=O) groups is 1. The molecule has 1 heterocycles. The summed E-state index contributed by atoms with van der Waals surface area (Å²) in [5, 5.41) is 6.42. The molecule has 0 bridgehead atoms. The monoisotopic (exact) mass is 626 g/mol. The zero-order valence-corrected chi connectivity index (χ0v) is 28.9. The number of carbonyl (C=O) groups excluding carboxylic acids is 1. The van der Waals surface area contributed by atoms with E-state index in [9.17, 15) is 4.79 Å². The normalized spacial score (nSPS) is 11.3. The number of para-hydroxylation sites is 1. The standard InChI is InChI=1S/C37H54N2O2S.ClH/c1-6-8-9-10-11-12-13-14-15-16-17-20-26-41-34-24-23-30(28-32(34)37(3,4)5)29-35(40)38-33-22-19-18-21-31(33)36-39(7-2)25-27-42-36;/h18-19,21-25,27-28H,6-17,20,26,29H2,1-5H3;1H. The Hall–Kier alpha value is -2.37. The molecular formula is C37H55ClN2O2S. The number of hydrogen-bond donors (Lipinski definition) is 1. The van der Waals surface area contributed by atoms with Crippen LogP contribution in [0.15, 0.2) is 54.0 Å². The molecule has 0 saturated carbocycles. The van der Waals surface area contributed by atoms with Crippen molar-refractivity contribution in [2.75, 3.05) is 11.9 Å². The Balaban J connectivity index is 0.00000645. The lowest BCUT2D eigenvalue weighted by Gasteiger charge is -2.24. The highest BCUT2D eigenvalue weighted by molar-refractivity contribution is 7.12. The molecule has 0 fully saturated rings. The van der Waals surface area contributed by atoms with E-state index in [1.165, 1.54) is 70.6 Å². The Labute approximate surface area is 272 Å². The number of thiazole rings is 1. The van der Waals surface area contributed by atoms with Crippen molar-refractivity contribution >= 4 is 22.9 Å². The second kappa shape index (κ2) is 19.8. The summed E-state index contributed by atoms with van der Waals surface area (Å²) in [6.07, 6.45) is 18.5. The van der Waals surface area contributed by atoms with E-state index in [1.807, 2.05) is 24.3 Å². The van der Waals surface area contributed by atoms with Crippen molar-refractivity contribution in [2.45, 2.75) is 130 Å². The van der Waals surface area contributed by atoms with Crippen molar-refractivity contribution in [1.82, 2.24) is 0 Å². The van der Waals surface area contributed by atoms with E-state index in [-0.39, 0.29) is 23.7 Å². The van der Waals surface area contributed by atoms with Crippen LogP contribution in [0.25, 0.3) is 10.6 Å². The van der Waals surface area contributed by atoms with E-state index in [0.717, 1.165) is 52.7 Å². The molecule has 0 spiro atoms. The third kappa shape index (κ3) is 12.6. The Kier molecular flexibility index (Phi) is 17.0. The average Bonchev–Trinajstić information content (AvgIpc) is 3.44. The van der Waals surface area contributed by atoms with Gasteiger partial charge in [-0.2, -0.15) is 4.57 Å². The first kappa shape index (κ1) is 36.8. The van der Waals surface area contributed by atoms with Gasteiger partial charge < -0.3 is 22.5 Å². The van der Waals surface area contributed by atoms with Crippen molar-refractivity contribution in [3.8, 4) is 16.3 Å². The van der Waals surface area contributed by atoms with E-state index in [4.69, 9.17) is 4.74 Å². The molecule has 3 aromatic rings. The summed E-state index contributed by atoms with van der Waals surface area (Å²) in [4.78, 5) is 13.2. The second-order valence-electron chi connectivity index (χ2n) is 12.6. The van der Waals surface area contributed by atoms with Crippen LogP contribution in [-0.4, -0.2) is 12.5 Å². The van der Waals surface area contributed by atoms with E-state index in [0.29, 0.717) is 6.42 Å². The zero-order valence-electron chi connectivity index (χ0n) is 27.4. The van der Waals surface area contributed by atoms with Crippen LogP contribution in [0.1, 0.15) is 123 Å². The van der Waals surface area contributed by atoms with Crippen LogP contribution < -0.4 is 27.0 Å². The molecule has 0 aliphatic rings. The smallest absolute Gasteiger partial charge is 0.271 e. The molecule has 6 heteroatoms. The molecule has 0 saturated heterocycles. The fourth-order valence-electron chi connectivity index (χ4n) is 5.45. The van der Waals surface area contributed by atoms with Crippen molar-refractivity contribution in [3.63, 3.8) is 0 Å². The Morgan fingerprint density at radius 1 is 0.860 bits per heavy atom. The predicted molar refractivity (Wildman–Crippen MR) is 180 cm³/mol. The van der Waals surface area contributed by atoms with Crippen LogP contribution in [-0.2, 0) is 23.2 Å². The number of unbranched alkanes of at least 4 members (excludes halogenated alkanes) is 11. The van der Waals surface area contributed by atoms with Crippen LogP contribution in [0.5, 0.6) is 5.75 Å². The molecule has 238 valence electrons. The highest BCUT2D eigenvalue weighted by atomic mass is 35.5. The van der Waals surface area contributed by atoms with Crippen LogP contribution in [0.4, 0.5) is 5.69 Å². The quantitative estimate of drug-likeness (QED) is 0.112. The van der Waals surface area contributed by atoms with Gasteiger partial charge in [0.2, 0.25) is 5.91 Å². The number of anilines is 1. The van der Waals surface area contributed by atoms with Crippen LogP contribution >= 0.6 is 11.3 Å². The first-order chi connectivity index (χ1) is 20.3. The van der Waals surface area contributed by atoms with Gasteiger partial charge in [-0.1, -0.05) is 134 Å². The Morgan fingerprint density at radius 3 is 2.12 bits per heavy atom. The molecule has 1 aromatic heterocycles. The van der Waals surface area contributed by atoms with Gasteiger partial charge in [-0.3, -0.25) is 4.79 Å². The summed E-state index contributed by atoms with van der Waals surface area (Å²) in [6.45, 7) is 12.7. The fourth-order valence-corrected chi connectivity index (χ4v) is 6.42. The van der Waals surface area contributed by atoms with Crippen molar-refractivity contribution in [2.24, 2.45) is 0 Å². The minimum Gasteiger partial charge on any atom is -1.00 e. The van der Waals surface area contributed by atoms with E-state index < -0.39 is 0 Å². The lowest BCUT2D eigenvalue weighted by molar-refractivity contribution is -0.678. The van der Waals surface area contributed by atoms with Gasteiger partial charge >= 0.3 is 0 Å². The number of ether oxygens (including phenoxy) is 1. The van der Waals surface area contributed by atoms with Crippen LogP contribution in [0.2, 0.25) is 0 Å². The average molecular weight is 627 g/mol. The second-order valence-corrected chi connectivity index (χ2v) is 13.5. The number of amides is 1. The lowest BCUT2D eigenvalue weighted by atomic mass is 9.85. The maximum absolute atomic E-state index is 13.2. The topological polar surface area (TPSA) is 42.2 Å². The minimum absolute atomic E-state index is 0. The molecule has 0 atom stereocenters. The number of nitrogens with one attached hydrogen (secondary N) is 1. The highest BCUT2D eigenvalue weighted by Crippen LogP contribution is 2.33. The summed E-state index contributed by atoms with van der Waals surface area (Å²) in [5.41, 5.74) is 4.00. The molecule has 0 aliphatic carbocycles. The lowest BCUT2D eigenvalue weighted by Crippen LogP contribution is -3.00. The fraction of sp³-hybridized carbons (Fsp3) is 0.568. The summed E-state index contributed by atoms with van der Waals surface area (Å²) >= 11 is 1.69. The van der Waals surface area contributed by atoms with E-state index in [2.05, 4.69) is 74.3 Å². The minimum atomic E-state index is -0.0715. The van der Waals surface area contributed by atoms with Gasteiger partial charge in [0.25, 0.3) is 5.01 Å². The molecule has 0 radical (unpaired) electrons. The van der Waals surface area contributed by atoms with Crippen molar-refractivity contribution in [1.29, 1.82) is 0 Å². The van der Waals surface area contributed by atoms with Gasteiger partial charge in [-0.15, -0.1) is 0 Å². The largest absolute Gasteiger partial charge is 1.00 e. The summed E-state index contributed by atoms with van der Waals surface area (Å²) in [5.74, 6) is 0.939. The van der Waals surface area contributed by atoms with E-state index >= 15 is 0 Å². The van der Waals surface area contributed by atoms with Gasteiger partial charge in [0, 0.05) is 0 Å². The molecular weight excluding hydrogens is 572 g/mol. The number of rotatable bonds is 19. The predicted octanol–water partition coefficient (Wildman–Crippen LogP) is 7.29. The first-order valence-corrected chi connectivity index (χ1v) is 17.3. The van der Waals surface area contributed by atoms with Crippen molar-refractivity contribution in [3.05, 3.63) is 65.2 Å². The summed E-state index contributed by atoms with van der Waals surface area (Å²) in [7, 11) is 0. The van der Waals surface area contributed by atoms with Crippen molar-refractivity contribution < 1.29 is 26.5 Å². The number of aryl methyl sites for hydroxylation is 1. The number of benzene rings is 2. The number of halogens is 1. The molecule has 1 amide bonds. The van der Waals surface area contributed by atoms with Gasteiger partial charge in [0.1, 0.15) is 12.3 Å². The highest BCUT2D eigenvalue weighted by Gasteiger charge is 2.21. The maximum atomic E-state index is 13.2. The van der Waals surface area contributed by atoms with Gasteiger partial charge in [-0.05, 0) is 48.1 Å². The third-order valence-corrected chi connectivity index (χ3v) is 8.86. The number of hydrogen-bond acceptors (Lipinski definition) is 3. The van der Waals surface area contributed by atoms with E-state index in [1.54, 1.807) is 11.3 Å². The Bertz CT molecular complexity index is 1220.